The van der Waals surface area contributed by atoms with E-state index in [-0.39, 0.29) is 17.2 Å². The molecule has 0 spiro atoms. The van der Waals surface area contributed by atoms with Gasteiger partial charge in [-0.1, -0.05) is 30.7 Å². The van der Waals surface area contributed by atoms with Crippen LogP contribution in [0, 0.1) is 5.92 Å². The summed E-state index contributed by atoms with van der Waals surface area (Å²) in [6, 6.07) is 0. The van der Waals surface area contributed by atoms with Crippen molar-refractivity contribution in [3.63, 3.8) is 0 Å². The Balaban J connectivity index is 3.03. The topological polar surface area (TPSA) is 49.4 Å². The minimum Gasteiger partial charge on any atom is -0.298 e. The minimum atomic E-state index is -0.463. The maximum Gasteiger partial charge on any atom is 0.265 e. The molecule has 2 amide bonds. The average Bonchev–Trinajstić information content (AvgIpc) is 2.39. The molecule has 1 rings (SSSR count). The molecule has 0 aromatic carbocycles. The number of nitrogens with one attached hydrogen (secondary N) is 1. The molecule has 0 radical (unpaired) electrons. The first-order chi connectivity index (χ1) is 9.90. The van der Waals surface area contributed by atoms with E-state index in [2.05, 4.69) is 18.5 Å². The molecular weight excluding hydrogens is 284 g/mol. The number of hydrogen-bond donors (Lipinski definition) is 1. The van der Waals surface area contributed by atoms with Crippen LogP contribution in [0.15, 0.2) is 48.6 Å². The van der Waals surface area contributed by atoms with E-state index in [9.17, 15) is 9.59 Å². The van der Waals surface area contributed by atoms with Gasteiger partial charge in [0.05, 0.1) is 0 Å². The first-order valence-corrected chi connectivity index (χ1v) is 7.10. The molecule has 21 heavy (non-hydrogen) atoms. The van der Waals surface area contributed by atoms with Gasteiger partial charge in [-0.2, -0.15) is 0 Å². The standard InChI is InChI=1S/C16H20N2O2S/c1-5-7-11(3)9-12(4)10-13-14(19)17-16(21)18(8-6-2)15(13)20/h5-6,9-11H,1-2,7-8H2,3-4H3,(H,17,19,21)/b12-9+,13-10+. The molecule has 0 saturated carbocycles. The Morgan fingerprint density at radius 1 is 1.38 bits per heavy atom. The Kier molecular flexibility index (Phi) is 6.24. The van der Waals surface area contributed by atoms with Gasteiger partial charge < -0.3 is 0 Å². The number of rotatable bonds is 6. The van der Waals surface area contributed by atoms with Crippen molar-refractivity contribution in [3.05, 3.63) is 48.6 Å². The zero-order chi connectivity index (χ0) is 16.0. The van der Waals surface area contributed by atoms with Gasteiger partial charge in [-0.25, -0.2) is 0 Å². The molecule has 1 saturated heterocycles. The van der Waals surface area contributed by atoms with Crippen molar-refractivity contribution in [1.29, 1.82) is 0 Å². The van der Waals surface area contributed by atoms with E-state index in [0.717, 1.165) is 12.0 Å². The second-order valence-electron chi connectivity index (χ2n) is 4.93. The number of carbonyl (C=O) groups is 2. The van der Waals surface area contributed by atoms with E-state index < -0.39 is 11.8 Å². The summed E-state index contributed by atoms with van der Waals surface area (Å²) in [6.07, 6.45) is 7.83. The fraction of sp³-hybridized carbons (Fsp3) is 0.312. The van der Waals surface area contributed by atoms with Gasteiger partial charge >= 0.3 is 0 Å². The van der Waals surface area contributed by atoms with E-state index >= 15 is 0 Å². The van der Waals surface area contributed by atoms with Gasteiger partial charge in [0.25, 0.3) is 11.8 Å². The Labute approximate surface area is 130 Å². The number of allylic oxidation sites excluding steroid dienone is 4. The van der Waals surface area contributed by atoms with Crippen LogP contribution in [0.4, 0.5) is 0 Å². The number of hydrogen-bond acceptors (Lipinski definition) is 3. The van der Waals surface area contributed by atoms with E-state index in [4.69, 9.17) is 12.2 Å². The van der Waals surface area contributed by atoms with Crippen LogP contribution in [0.2, 0.25) is 0 Å². The van der Waals surface area contributed by atoms with Crippen molar-refractivity contribution in [2.45, 2.75) is 20.3 Å². The predicted molar refractivity (Wildman–Crippen MR) is 88.5 cm³/mol. The third-order valence-corrected chi connectivity index (χ3v) is 3.28. The van der Waals surface area contributed by atoms with Crippen LogP contribution in [0.25, 0.3) is 0 Å². The van der Waals surface area contributed by atoms with E-state index in [1.54, 1.807) is 12.2 Å². The van der Waals surface area contributed by atoms with E-state index in [1.807, 2.05) is 26.0 Å². The summed E-state index contributed by atoms with van der Waals surface area (Å²) in [4.78, 5) is 25.5. The molecule has 4 nitrogen and oxygen atoms in total. The van der Waals surface area contributed by atoms with Crippen molar-refractivity contribution in [2.24, 2.45) is 5.92 Å². The van der Waals surface area contributed by atoms with Crippen molar-refractivity contribution in [2.75, 3.05) is 6.54 Å². The molecule has 1 N–H and O–H groups in total. The van der Waals surface area contributed by atoms with Gasteiger partial charge in [0.2, 0.25) is 0 Å². The molecule has 1 aliphatic rings. The van der Waals surface area contributed by atoms with Crippen molar-refractivity contribution >= 4 is 29.1 Å². The molecule has 1 aliphatic heterocycles. The second kappa shape index (κ2) is 7.69. The highest BCUT2D eigenvalue weighted by molar-refractivity contribution is 7.80. The highest BCUT2D eigenvalue weighted by Crippen LogP contribution is 2.15. The molecule has 1 fully saturated rings. The molecule has 0 aromatic heterocycles. The smallest absolute Gasteiger partial charge is 0.265 e. The maximum atomic E-state index is 12.3. The zero-order valence-corrected chi connectivity index (χ0v) is 13.2. The van der Waals surface area contributed by atoms with Crippen LogP contribution in [0.3, 0.4) is 0 Å². The monoisotopic (exact) mass is 304 g/mol. The van der Waals surface area contributed by atoms with Crippen molar-refractivity contribution < 1.29 is 9.59 Å². The van der Waals surface area contributed by atoms with Crippen molar-refractivity contribution in [3.8, 4) is 0 Å². The largest absolute Gasteiger partial charge is 0.298 e. The molecule has 1 heterocycles. The van der Waals surface area contributed by atoms with Crippen LogP contribution in [0.5, 0.6) is 0 Å². The van der Waals surface area contributed by atoms with Crippen LogP contribution < -0.4 is 5.32 Å². The summed E-state index contributed by atoms with van der Waals surface area (Å²) in [7, 11) is 0. The molecule has 1 atom stereocenters. The Bertz CT molecular complexity index is 546. The van der Waals surface area contributed by atoms with Crippen LogP contribution in [-0.4, -0.2) is 28.4 Å². The van der Waals surface area contributed by atoms with E-state index in [0.29, 0.717) is 5.92 Å². The van der Waals surface area contributed by atoms with Gasteiger partial charge in [0.15, 0.2) is 5.11 Å². The third-order valence-electron chi connectivity index (χ3n) is 2.96. The first-order valence-electron chi connectivity index (χ1n) is 6.69. The lowest BCUT2D eigenvalue weighted by Crippen LogP contribution is -2.53. The molecule has 0 aromatic rings. The molecule has 5 heteroatoms. The Morgan fingerprint density at radius 2 is 2.05 bits per heavy atom. The fourth-order valence-electron chi connectivity index (χ4n) is 2.04. The first kappa shape index (κ1) is 17.0. The average molecular weight is 304 g/mol. The van der Waals surface area contributed by atoms with Crippen molar-refractivity contribution in [1.82, 2.24) is 10.2 Å². The Morgan fingerprint density at radius 3 is 2.62 bits per heavy atom. The van der Waals surface area contributed by atoms with Crippen LogP contribution >= 0.6 is 12.2 Å². The molecule has 0 bridgehead atoms. The van der Waals surface area contributed by atoms with Gasteiger partial charge in [0.1, 0.15) is 5.57 Å². The maximum absolute atomic E-state index is 12.3. The van der Waals surface area contributed by atoms with Gasteiger partial charge in [-0.05, 0) is 37.6 Å². The second-order valence-corrected chi connectivity index (χ2v) is 5.32. The van der Waals surface area contributed by atoms with E-state index in [1.165, 1.54) is 4.90 Å². The third kappa shape index (κ3) is 4.49. The summed E-state index contributed by atoms with van der Waals surface area (Å²) in [5.74, 6) is -0.561. The van der Waals surface area contributed by atoms with Crippen LogP contribution in [0.1, 0.15) is 20.3 Å². The summed E-state index contributed by atoms with van der Waals surface area (Å²) in [5, 5.41) is 2.63. The molecule has 1 unspecified atom stereocenters. The number of amides is 2. The highest BCUT2D eigenvalue weighted by Gasteiger charge is 2.32. The quantitative estimate of drug-likeness (QED) is 0.355. The van der Waals surface area contributed by atoms with Gasteiger partial charge in [0, 0.05) is 6.54 Å². The summed E-state index contributed by atoms with van der Waals surface area (Å²) < 4.78 is 0. The molecule has 112 valence electrons. The fourth-order valence-corrected chi connectivity index (χ4v) is 2.29. The Hall–Kier alpha value is -2.01. The van der Waals surface area contributed by atoms with Gasteiger partial charge in [-0.15, -0.1) is 13.2 Å². The zero-order valence-electron chi connectivity index (χ0n) is 12.4. The highest BCUT2D eigenvalue weighted by atomic mass is 32.1. The summed E-state index contributed by atoms with van der Waals surface area (Å²) in [6.45, 7) is 11.5. The number of thiocarbonyl (C=S) groups is 1. The molecular formula is C16H20N2O2S. The minimum absolute atomic E-state index is 0.0880. The summed E-state index contributed by atoms with van der Waals surface area (Å²) in [5.41, 5.74) is 0.944. The lowest BCUT2D eigenvalue weighted by atomic mass is 10.0. The lowest BCUT2D eigenvalue weighted by molar-refractivity contribution is -0.128. The normalized spacial score (nSPS) is 19.5. The van der Waals surface area contributed by atoms with Crippen LogP contribution in [-0.2, 0) is 9.59 Å². The number of carbonyl (C=O) groups excluding carboxylic acids is 2. The summed E-state index contributed by atoms with van der Waals surface area (Å²) >= 11 is 4.99. The lowest BCUT2D eigenvalue weighted by Gasteiger charge is -2.27. The predicted octanol–water partition coefficient (Wildman–Crippen LogP) is 2.50. The van der Waals surface area contributed by atoms with Gasteiger partial charge in [-0.3, -0.25) is 19.8 Å². The SMILES string of the molecule is C=CCC(C)/C=C(C)/C=C1\C(=O)NC(=S)N(CC=C)C1=O. The number of nitrogens with zero attached hydrogens (tertiary/aromatic N) is 1. The molecule has 0 aliphatic carbocycles.